The summed E-state index contributed by atoms with van der Waals surface area (Å²) in [6.45, 7) is 4.09. The Kier molecular flexibility index (Phi) is 5.08. The Morgan fingerprint density at radius 3 is 3.00 bits per heavy atom. The molecule has 2 heterocycles. The maximum atomic E-state index is 11.9. The van der Waals surface area contributed by atoms with E-state index in [9.17, 15) is 4.79 Å². The van der Waals surface area contributed by atoms with Crippen LogP contribution in [0.2, 0.25) is 0 Å². The first-order valence-corrected chi connectivity index (χ1v) is 8.75. The Morgan fingerprint density at radius 2 is 2.24 bits per heavy atom. The molecule has 1 aliphatic rings. The van der Waals surface area contributed by atoms with Gasteiger partial charge >= 0.3 is 5.97 Å². The number of rotatable bonds is 4. The van der Waals surface area contributed by atoms with Crippen LogP contribution in [-0.4, -0.2) is 18.1 Å². The highest BCUT2D eigenvalue weighted by Crippen LogP contribution is 2.37. The number of carbonyl (C=O) groups is 1. The lowest BCUT2D eigenvalue weighted by atomic mass is 9.97. The maximum absolute atomic E-state index is 11.9. The van der Waals surface area contributed by atoms with Crippen molar-refractivity contribution in [2.45, 2.75) is 26.3 Å². The number of esters is 1. The predicted molar refractivity (Wildman–Crippen MR) is 100 cm³/mol. The van der Waals surface area contributed by atoms with Gasteiger partial charge in [-0.1, -0.05) is 17.7 Å². The Labute approximate surface area is 155 Å². The summed E-state index contributed by atoms with van der Waals surface area (Å²) < 4.78 is 11.4. The molecule has 0 amide bonds. The van der Waals surface area contributed by atoms with Crippen LogP contribution in [0, 0.1) is 6.92 Å². The van der Waals surface area contributed by atoms with Crippen molar-refractivity contribution in [3.05, 3.63) is 63.6 Å². The van der Waals surface area contributed by atoms with E-state index in [1.807, 2.05) is 19.1 Å². The molecule has 3 rings (SSSR count). The molecule has 0 radical (unpaired) electrons. The summed E-state index contributed by atoms with van der Waals surface area (Å²) in [5.41, 5.74) is 4.23. The summed E-state index contributed by atoms with van der Waals surface area (Å²) in [4.78, 5) is 16.0. The Morgan fingerprint density at radius 1 is 1.44 bits per heavy atom. The molecule has 2 aromatic rings. The Hall–Kier alpha value is -2.34. The second kappa shape index (κ2) is 7.27. The number of aryl methyl sites for hydroxylation is 1. The quantitative estimate of drug-likeness (QED) is 0.761. The molecule has 130 valence electrons. The van der Waals surface area contributed by atoms with E-state index < -0.39 is 5.97 Å². The molecule has 0 bridgehead atoms. The smallest absolute Gasteiger partial charge is 0.358 e. The summed E-state index contributed by atoms with van der Waals surface area (Å²) in [6, 6.07) is 7.74. The first-order chi connectivity index (χ1) is 12.0. The van der Waals surface area contributed by atoms with Gasteiger partial charge in [0, 0.05) is 11.8 Å². The summed E-state index contributed by atoms with van der Waals surface area (Å²) in [5.74, 6) is 0.381. The third-order valence-corrected chi connectivity index (χ3v) is 4.53. The van der Waals surface area contributed by atoms with Gasteiger partial charge in [-0.2, -0.15) is 0 Å². The van der Waals surface area contributed by atoms with Gasteiger partial charge in [0.1, 0.15) is 5.75 Å². The molecule has 25 heavy (non-hydrogen) atoms. The second-order valence-corrected chi connectivity index (χ2v) is 6.70. The summed E-state index contributed by atoms with van der Waals surface area (Å²) in [6.07, 6.45) is 4.39. The first kappa shape index (κ1) is 17.5. The number of methoxy groups -OCH3 is 1. The van der Waals surface area contributed by atoms with Gasteiger partial charge in [-0.25, -0.2) is 9.78 Å². The molecule has 1 aliphatic heterocycles. The number of hydrogen-bond acceptors (Lipinski definition) is 5. The van der Waals surface area contributed by atoms with Crippen molar-refractivity contribution in [3.63, 3.8) is 0 Å². The minimum absolute atomic E-state index is 0.0837. The number of halogens is 1. The van der Waals surface area contributed by atoms with Crippen LogP contribution in [-0.2, 0) is 11.2 Å². The number of nitrogens with one attached hydrogen (secondary N) is 1. The minimum Gasteiger partial charge on any atom is -0.464 e. The number of hydrogen-bond donors (Lipinski definition) is 1. The normalized spacial score (nSPS) is 14.0. The average Bonchev–Trinajstić information content (AvgIpc) is 2.61. The van der Waals surface area contributed by atoms with Gasteiger partial charge in [-0.15, -0.1) is 0 Å². The highest BCUT2D eigenvalue weighted by atomic mass is 79.9. The molecule has 0 saturated heterocycles. The van der Waals surface area contributed by atoms with Gasteiger partial charge in [-0.05, 0) is 60.0 Å². The number of pyridine rings is 1. The second-order valence-electron chi connectivity index (χ2n) is 5.91. The Balaban J connectivity index is 1.95. The molecular weight excluding hydrogens is 384 g/mol. The molecule has 5 nitrogen and oxygen atoms in total. The van der Waals surface area contributed by atoms with E-state index in [1.165, 1.54) is 7.11 Å². The van der Waals surface area contributed by atoms with Crippen LogP contribution in [0.25, 0.3) is 0 Å². The van der Waals surface area contributed by atoms with Crippen LogP contribution < -0.4 is 10.1 Å². The molecule has 1 aromatic carbocycles. The van der Waals surface area contributed by atoms with Gasteiger partial charge in [0.05, 0.1) is 18.8 Å². The van der Waals surface area contributed by atoms with E-state index >= 15 is 0 Å². The molecule has 1 unspecified atom stereocenters. The van der Waals surface area contributed by atoms with Crippen molar-refractivity contribution < 1.29 is 14.3 Å². The molecule has 1 N–H and O–H groups in total. The lowest BCUT2D eigenvalue weighted by molar-refractivity contribution is 0.0595. The van der Waals surface area contributed by atoms with Crippen molar-refractivity contribution in [1.82, 2.24) is 4.98 Å². The van der Waals surface area contributed by atoms with Crippen LogP contribution in [0.4, 0.5) is 5.69 Å². The molecule has 1 atom stereocenters. The molecule has 0 fully saturated rings. The number of ether oxygens (including phenoxy) is 2. The fourth-order valence-electron chi connectivity index (χ4n) is 2.90. The summed E-state index contributed by atoms with van der Waals surface area (Å²) >= 11 is 3.41. The zero-order chi connectivity index (χ0) is 18.0. The number of nitrogens with zero attached hydrogens (tertiary/aromatic N) is 1. The number of aromatic nitrogens is 1. The van der Waals surface area contributed by atoms with Gasteiger partial charge in [-0.3, -0.25) is 0 Å². The Bertz CT molecular complexity index is 849. The van der Waals surface area contributed by atoms with Gasteiger partial charge in [0.15, 0.2) is 10.4 Å². The largest absolute Gasteiger partial charge is 0.464 e. The van der Waals surface area contributed by atoms with Crippen LogP contribution in [0.5, 0.6) is 5.75 Å². The average molecular weight is 403 g/mol. The first-order valence-electron chi connectivity index (χ1n) is 7.96. The van der Waals surface area contributed by atoms with Crippen molar-refractivity contribution in [2.24, 2.45) is 0 Å². The van der Waals surface area contributed by atoms with E-state index in [0.29, 0.717) is 10.4 Å². The summed E-state index contributed by atoms with van der Waals surface area (Å²) in [5, 5.41) is 3.36. The van der Waals surface area contributed by atoms with Crippen molar-refractivity contribution in [3.8, 4) is 5.75 Å². The van der Waals surface area contributed by atoms with Crippen molar-refractivity contribution in [1.29, 1.82) is 0 Å². The highest BCUT2D eigenvalue weighted by Gasteiger charge is 2.22. The molecule has 0 spiro atoms. The van der Waals surface area contributed by atoms with Crippen LogP contribution in [0.1, 0.15) is 40.1 Å². The fraction of sp³-hybridized carbons (Fsp3) is 0.263. The van der Waals surface area contributed by atoms with Gasteiger partial charge < -0.3 is 14.8 Å². The van der Waals surface area contributed by atoms with Gasteiger partial charge in [0.2, 0.25) is 0 Å². The number of allylic oxidation sites excluding steroid dienone is 1. The minimum atomic E-state index is -0.469. The highest BCUT2D eigenvalue weighted by molar-refractivity contribution is 9.11. The number of anilines is 1. The topological polar surface area (TPSA) is 60.5 Å². The zero-order valence-electron chi connectivity index (χ0n) is 14.3. The molecule has 1 aromatic heterocycles. The maximum Gasteiger partial charge on any atom is 0.358 e. The fourth-order valence-corrected chi connectivity index (χ4v) is 3.22. The molecule has 0 aliphatic carbocycles. The monoisotopic (exact) mass is 402 g/mol. The summed E-state index contributed by atoms with van der Waals surface area (Å²) in [7, 11) is 1.35. The molecular formula is C19H19BrN2O3. The van der Waals surface area contributed by atoms with E-state index in [4.69, 9.17) is 9.47 Å². The van der Waals surface area contributed by atoms with E-state index in [-0.39, 0.29) is 11.7 Å². The van der Waals surface area contributed by atoms with Crippen molar-refractivity contribution in [2.75, 3.05) is 12.4 Å². The number of carbonyl (C=O) groups excluding carboxylic acids is 1. The third kappa shape index (κ3) is 3.69. The van der Waals surface area contributed by atoms with Crippen LogP contribution >= 0.6 is 15.9 Å². The SMILES string of the molecule is COC(=O)c1ncccc1NC(C)c1cc(C)cc2c1OC(Br)=CC2. The van der Waals surface area contributed by atoms with Crippen LogP contribution in [0.3, 0.4) is 0 Å². The van der Waals surface area contributed by atoms with Gasteiger partial charge in [0.25, 0.3) is 0 Å². The van der Waals surface area contributed by atoms with E-state index in [0.717, 1.165) is 28.9 Å². The van der Waals surface area contributed by atoms with Crippen molar-refractivity contribution >= 4 is 27.6 Å². The molecule has 6 heteroatoms. The lowest BCUT2D eigenvalue weighted by Crippen LogP contribution is -2.15. The lowest BCUT2D eigenvalue weighted by Gasteiger charge is -2.24. The van der Waals surface area contributed by atoms with Crippen LogP contribution in [0.15, 0.2) is 41.2 Å². The number of fused-ring (bicyclic) bond motifs is 1. The van der Waals surface area contributed by atoms with E-state index in [1.54, 1.807) is 12.3 Å². The third-order valence-electron chi connectivity index (χ3n) is 4.05. The predicted octanol–water partition coefficient (Wildman–Crippen LogP) is 4.52. The standard InChI is InChI=1S/C19H19BrN2O3/c1-11-9-13-6-7-16(20)25-18(13)14(10-11)12(2)22-15-5-4-8-21-17(15)19(23)24-3/h4-5,7-10,12,22H,6H2,1-3H3. The zero-order valence-corrected chi connectivity index (χ0v) is 15.9. The molecule has 0 saturated carbocycles. The number of benzene rings is 1. The van der Waals surface area contributed by atoms with E-state index in [2.05, 4.69) is 45.3 Å².